The van der Waals surface area contributed by atoms with Crippen molar-refractivity contribution in [2.24, 2.45) is 5.41 Å². The summed E-state index contributed by atoms with van der Waals surface area (Å²) in [6.45, 7) is 0. The van der Waals surface area contributed by atoms with Crippen molar-refractivity contribution in [3.8, 4) is 0 Å². The molecule has 2 rings (SSSR count). The molecule has 1 unspecified atom stereocenters. The molecule has 1 atom stereocenters. The molecule has 0 aromatic heterocycles. The molecule has 1 aromatic carbocycles. The summed E-state index contributed by atoms with van der Waals surface area (Å²) in [5, 5.41) is 37.7. The van der Waals surface area contributed by atoms with E-state index in [4.69, 9.17) is 10.2 Å². The molecule has 1 aliphatic carbocycles. The molecule has 10 nitrogen and oxygen atoms in total. The van der Waals surface area contributed by atoms with Crippen molar-refractivity contribution in [1.82, 2.24) is 12.3 Å². The Bertz CT molecular complexity index is 589. The quantitative estimate of drug-likeness (QED) is 0.324. The van der Waals surface area contributed by atoms with E-state index in [-0.39, 0.29) is 51.8 Å². The zero-order valence-corrected chi connectivity index (χ0v) is 15.9. The van der Waals surface area contributed by atoms with Crippen LogP contribution in [0.5, 0.6) is 0 Å². The second-order valence-corrected chi connectivity index (χ2v) is 5.03. The summed E-state index contributed by atoms with van der Waals surface area (Å²) >= 11 is 0. The van der Waals surface area contributed by atoms with Gasteiger partial charge in [0, 0.05) is 0 Å². The van der Waals surface area contributed by atoms with E-state index < -0.39 is 35.2 Å². The SMILES string of the molecule is N.N.O=C([O-])C(C(=O)O)c1ccccc1.O=C([O-])C1(C(=O)O)CCC1.[Pt+2]. The van der Waals surface area contributed by atoms with Crippen molar-refractivity contribution >= 4 is 23.9 Å². The van der Waals surface area contributed by atoms with Gasteiger partial charge < -0.3 is 42.3 Å². The van der Waals surface area contributed by atoms with E-state index in [1.807, 2.05) is 0 Å². The number of carbonyl (C=O) groups excluding carboxylic acids is 2. The molecule has 11 heteroatoms. The van der Waals surface area contributed by atoms with Crippen LogP contribution >= 0.6 is 0 Å². The summed E-state index contributed by atoms with van der Waals surface area (Å²) in [6.07, 6.45) is 1.09. The van der Waals surface area contributed by atoms with Gasteiger partial charge in [0.15, 0.2) is 0 Å². The third-order valence-electron chi connectivity index (χ3n) is 3.62. The number of carboxylic acids is 4. The summed E-state index contributed by atoms with van der Waals surface area (Å²) < 4.78 is 0. The van der Waals surface area contributed by atoms with Gasteiger partial charge in [0.05, 0.1) is 11.9 Å². The molecule has 0 heterocycles. The zero-order chi connectivity index (χ0) is 17.6. The number of rotatable bonds is 5. The van der Waals surface area contributed by atoms with E-state index in [0.29, 0.717) is 6.42 Å². The Balaban J connectivity index is -0.000000374. The number of aliphatic carboxylic acids is 4. The van der Waals surface area contributed by atoms with Crippen LogP contribution in [0.15, 0.2) is 30.3 Å². The Hall–Kier alpha value is -2.29. The second kappa shape index (κ2) is 12.1. The minimum absolute atomic E-state index is 0. The molecular formula is C15H20N2O8Pt. The average Bonchev–Trinajstić information content (AvgIpc) is 2.37. The van der Waals surface area contributed by atoms with Crippen LogP contribution in [0.1, 0.15) is 30.7 Å². The van der Waals surface area contributed by atoms with Crippen LogP contribution in [0.4, 0.5) is 0 Å². The fourth-order valence-corrected chi connectivity index (χ4v) is 2.06. The Morgan fingerprint density at radius 2 is 1.42 bits per heavy atom. The number of hydrogen-bond donors (Lipinski definition) is 4. The first kappa shape index (κ1) is 28.5. The van der Waals surface area contributed by atoms with Gasteiger partial charge in [-0.1, -0.05) is 36.8 Å². The van der Waals surface area contributed by atoms with Gasteiger partial charge in [-0.2, -0.15) is 0 Å². The number of benzene rings is 1. The predicted octanol–water partition coefficient (Wildman–Crippen LogP) is -1.08. The molecule has 0 aliphatic heterocycles. The van der Waals surface area contributed by atoms with Crippen LogP contribution in [0.25, 0.3) is 0 Å². The normalized spacial score (nSPS) is 14.2. The van der Waals surface area contributed by atoms with Gasteiger partial charge in [0.25, 0.3) is 0 Å². The number of carbonyl (C=O) groups is 4. The molecule has 0 radical (unpaired) electrons. The Morgan fingerprint density at radius 3 is 1.62 bits per heavy atom. The zero-order valence-electron chi connectivity index (χ0n) is 13.7. The monoisotopic (exact) mass is 551 g/mol. The molecule has 1 aromatic rings. The molecule has 0 saturated heterocycles. The van der Waals surface area contributed by atoms with E-state index in [2.05, 4.69) is 0 Å². The second-order valence-electron chi connectivity index (χ2n) is 5.03. The topological polar surface area (TPSA) is 225 Å². The average molecular weight is 551 g/mol. The Labute approximate surface area is 163 Å². The summed E-state index contributed by atoms with van der Waals surface area (Å²) in [4.78, 5) is 41.5. The predicted molar refractivity (Wildman–Crippen MR) is 80.8 cm³/mol. The van der Waals surface area contributed by atoms with Crippen LogP contribution in [0.2, 0.25) is 0 Å². The van der Waals surface area contributed by atoms with Crippen molar-refractivity contribution < 1.29 is 60.7 Å². The molecule has 0 bridgehead atoms. The van der Waals surface area contributed by atoms with Gasteiger partial charge in [-0.05, 0) is 18.4 Å². The summed E-state index contributed by atoms with van der Waals surface area (Å²) in [7, 11) is 0. The standard InChI is InChI=1S/C9H8O4.C6H8O4.2H3N.Pt/c10-8(11)7(9(12)13)6-4-2-1-3-5-6;7-4(8)6(5(9)10)2-1-3-6;;;/h1-5,7H,(H,10,11)(H,12,13);1-3H2,(H,7,8)(H,9,10);2*1H3;/q;;;;+2/p-2. The molecule has 1 fully saturated rings. The first-order valence-corrected chi connectivity index (χ1v) is 6.66. The first-order chi connectivity index (χ1) is 10.7. The van der Waals surface area contributed by atoms with Crippen LogP contribution in [0, 0.1) is 5.41 Å². The van der Waals surface area contributed by atoms with Crippen molar-refractivity contribution in [3.05, 3.63) is 35.9 Å². The maximum Gasteiger partial charge on any atom is 2.00 e. The Morgan fingerprint density at radius 1 is 0.962 bits per heavy atom. The van der Waals surface area contributed by atoms with Crippen molar-refractivity contribution in [3.63, 3.8) is 0 Å². The molecule has 26 heavy (non-hydrogen) atoms. The Kier molecular flexibility index (Phi) is 13.3. The molecule has 148 valence electrons. The van der Waals surface area contributed by atoms with E-state index in [1.165, 1.54) is 12.1 Å². The number of hydrogen-bond acceptors (Lipinski definition) is 8. The summed E-state index contributed by atoms with van der Waals surface area (Å²) in [5.74, 6) is -7.31. The number of carboxylic acid groups (broad SMARTS) is 4. The van der Waals surface area contributed by atoms with Gasteiger partial charge in [0.1, 0.15) is 11.3 Å². The van der Waals surface area contributed by atoms with Crippen molar-refractivity contribution in [2.75, 3.05) is 0 Å². The van der Waals surface area contributed by atoms with Crippen LogP contribution in [-0.2, 0) is 40.2 Å². The van der Waals surface area contributed by atoms with Gasteiger partial charge in [0.2, 0.25) is 0 Å². The van der Waals surface area contributed by atoms with E-state index in [0.717, 1.165) is 0 Å². The minimum Gasteiger partial charge on any atom is -0.549 e. The van der Waals surface area contributed by atoms with Crippen LogP contribution < -0.4 is 22.5 Å². The molecular weight excluding hydrogens is 531 g/mol. The third-order valence-corrected chi connectivity index (χ3v) is 3.62. The summed E-state index contributed by atoms with van der Waals surface area (Å²) in [5.41, 5.74) is -1.34. The van der Waals surface area contributed by atoms with Crippen LogP contribution in [-0.4, -0.2) is 34.1 Å². The summed E-state index contributed by atoms with van der Waals surface area (Å²) in [6, 6.07) is 7.71. The van der Waals surface area contributed by atoms with Gasteiger partial charge in [-0.15, -0.1) is 0 Å². The smallest absolute Gasteiger partial charge is 0.549 e. The maximum absolute atomic E-state index is 10.5. The van der Waals surface area contributed by atoms with Gasteiger partial charge in [-0.3, -0.25) is 9.59 Å². The van der Waals surface area contributed by atoms with Gasteiger partial charge >= 0.3 is 33.0 Å². The third kappa shape index (κ3) is 6.55. The first-order valence-electron chi connectivity index (χ1n) is 6.66. The maximum atomic E-state index is 10.5. The van der Waals surface area contributed by atoms with E-state index in [1.54, 1.807) is 18.2 Å². The molecule has 0 amide bonds. The van der Waals surface area contributed by atoms with Crippen molar-refractivity contribution in [1.29, 1.82) is 0 Å². The van der Waals surface area contributed by atoms with Crippen molar-refractivity contribution in [2.45, 2.75) is 25.2 Å². The molecule has 8 N–H and O–H groups in total. The van der Waals surface area contributed by atoms with Crippen LogP contribution in [0.3, 0.4) is 0 Å². The van der Waals surface area contributed by atoms with E-state index >= 15 is 0 Å². The molecule has 1 saturated carbocycles. The fourth-order valence-electron chi connectivity index (χ4n) is 2.06. The molecule has 0 spiro atoms. The van der Waals surface area contributed by atoms with Gasteiger partial charge in [-0.25, -0.2) is 0 Å². The molecule has 1 aliphatic rings. The minimum atomic E-state index is -1.60. The fraction of sp³-hybridized carbons (Fsp3) is 0.333. The van der Waals surface area contributed by atoms with E-state index in [9.17, 15) is 29.4 Å². The largest absolute Gasteiger partial charge is 2.00 e.